The zero-order valence-corrected chi connectivity index (χ0v) is 14.1. The fourth-order valence-corrected chi connectivity index (χ4v) is 2.81. The largest absolute Gasteiger partial charge is 0.490 e. The van der Waals surface area contributed by atoms with Crippen molar-refractivity contribution in [3.8, 4) is 11.5 Å². The van der Waals surface area contributed by atoms with Gasteiger partial charge in [-0.3, -0.25) is 9.59 Å². The molecule has 1 N–H and O–H groups in total. The number of hydrogen-bond acceptors (Lipinski definition) is 4. The van der Waals surface area contributed by atoms with Crippen molar-refractivity contribution in [1.82, 2.24) is 4.90 Å². The number of carbonyl (C=O) groups is 2. The summed E-state index contributed by atoms with van der Waals surface area (Å²) in [5.74, 6) is 0.130. The number of likely N-dealkylation sites (tertiary alicyclic amines) is 1. The van der Waals surface area contributed by atoms with Gasteiger partial charge in [-0.1, -0.05) is 12.1 Å². The molecule has 1 aromatic rings. The molecule has 6 nitrogen and oxygen atoms in total. The normalized spacial score (nSPS) is 17.4. The van der Waals surface area contributed by atoms with Crippen molar-refractivity contribution in [2.24, 2.45) is 5.92 Å². The van der Waals surface area contributed by atoms with Crippen LogP contribution in [-0.2, 0) is 9.59 Å². The van der Waals surface area contributed by atoms with Crippen LogP contribution in [0.15, 0.2) is 24.3 Å². The first-order chi connectivity index (χ1) is 11.6. The van der Waals surface area contributed by atoms with Crippen LogP contribution in [0.4, 0.5) is 0 Å². The highest BCUT2D eigenvalue weighted by atomic mass is 16.5. The Morgan fingerprint density at radius 2 is 1.96 bits per heavy atom. The lowest BCUT2D eigenvalue weighted by atomic mass is 9.98. The molecule has 0 aromatic heterocycles. The van der Waals surface area contributed by atoms with Crippen LogP contribution in [0.3, 0.4) is 0 Å². The third-order valence-electron chi connectivity index (χ3n) is 4.06. The summed E-state index contributed by atoms with van der Waals surface area (Å²) in [6.45, 7) is 3.88. The first-order valence-corrected chi connectivity index (χ1v) is 8.47. The third-order valence-corrected chi connectivity index (χ3v) is 4.06. The van der Waals surface area contributed by atoms with Crippen LogP contribution in [0, 0.1) is 5.92 Å². The summed E-state index contributed by atoms with van der Waals surface area (Å²) in [6.07, 6.45) is 2.36. The van der Waals surface area contributed by atoms with Crippen LogP contribution in [0.5, 0.6) is 11.5 Å². The van der Waals surface area contributed by atoms with Crippen molar-refractivity contribution in [2.75, 3.05) is 26.3 Å². The van der Waals surface area contributed by atoms with Crippen molar-refractivity contribution in [3.63, 3.8) is 0 Å². The van der Waals surface area contributed by atoms with Crippen molar-refractivity contribution >= 4 is 11.9 Å². The summed E-state index contributed by atoms with van der Waals surface area (Å²) in [6, 6.07) is 7.46. The van der Waals surface area contributed by atoms with E-state index in [9.17, 15) is 9.59 Å². The highest BCUT2D eigenvalue weighted by Gasteiger charge is 2.27. The maximum atomic E-state index is 12.2. The van der Waals surface area contributed by atoms with Crippen molar-refractivity contribution in [1.29, 1.82) is 0 Å². The summed E-state index contributed by atoms with van der Waals surface area (Å²) >= 11 is 0. The number of ether oxygens (including phenoxy) is 2. The average Bonchev–Trinajstić information content (AvgIpc) is 2.60. The van der Waals surface area contributed by atoms with Crippen LogP contribution in [-0.4, -0.2) is 48.2 Å². The number of amides is 1. The van der Waals surface area contributed by atoms with Crippen LogP contribution in [0.25, 0.3) is 0 Å². The predicted octanol–water partition coefficient (Wildman–Crippen LogP) is 2.57. The summed E-state index contributed by atoms with van der Waals surface area (Å²) in [5, 5.41) is 9.08. The standard InChI is InChI=1S/C18H25NO5/c1-2-23-15-8-3-4-9-16(15)24-12-6-10-17(20)19-11-5-7-14(13-19)18(21)22/h3-4,8-9,14H,2,5-7,10-13H2,1H3,(H,21,22)/t14-/m1/s1. The van der Waals surface area contributed by atoms with Gasteiger partial charge < -0.3 is 19.5 Å². The first-order valence-electron chi connectivity index (χ1n) is 8.47. The van der Waals surface area contributed by atoms with Gasteiger partial charge in [0.15, 0.2) is 11.5 Å². The fraction of sp³-hybridized carbons (Fsp3) is 0.556. The second kappa shape index (κ2) is 9.15. The molecule has 0 bridgehead atoms. The molecular formula is C18H25NO5. The van der Waals surface area contributed by atoms with E-state index in [-0.39, 0.29) is 5.91 Å². The Kier molecular flexibility index (Phi) is 6.90. The van der Waals surface area contributed by atoms with Crippen molar-refractivity contribution in [2.45, 2.75) is 32.6 Å². The van der Waals surface area contributed by atoms with Gasteiger partial charge in [-0.15, -0.1) is 0 Å². The van der Waals surface area contributed by atoms with E-state index in [4.69, 9.17) is 14.6 Å². The first kappa shape index (κ1) is 18.1. The minimum Gasteiger partial charge on any atom is -0.490 e. The smallest absolute Gasteiger partial charge is 0.308 e. The van der Waals surface area contributed by atoms with E-state index in [1.165, 1.54) is 0 Å². The SMILES string of the molecule is CCOc1ccccc1OCCCC(=O)N1CCC[C@@H](C(=O)O)C1. The number of benzene rings is 1. The molecule has 0 saturated carbocycles. The van der Waals surface area contributed by atoms with Gasteiger partial charge in [0.05, 0.1) is 19.1 Å². The van der Waals surface area contributed by atoms with E-state index < -0.39 is 11.9 Å². The fourth-order valence-electron chi connectivity index (χ4n) is 2.81. The number of para-hydroxylation sites is 2. The number of nitrogens with zero attached hydrogens (tertiary/aromatic N) is 1. The molecule has 0 unspecified atom stereocenters. The summed E-state index contributed by atoms with van der Waals surface area (Å²) < 4.78 is 11.2. The van der Waals surface area contributed by atoms with Gasteiger partial charge in [0, 0.05) is 19.5 Å². The van der Waals surface area contributed by atoms with Gasteiger partial charge in [0.1, 0.15) is 0 Å². The molecular weight excluding hydrogens is 310 g/mol. The number of piperidine rings is 1. The van der Waals surface area contributed by atoms with Crippen LogP contribution >= 0.6 is 0 Å². The maximum Gasteiger partial charge on any atom is 0.308 e. The van der Waals surface area contributed by atoms with Crippen LogP contribution < -0.4 is 9.47 Å². The molecule has 1 aliphatic rings. The molecule has 1 amide bonds. The molecule has 0 radical (unpaired) electrons. The van der Waals surface area contributed by atoms with E-state index >= 15 is 0 Å². The molecule has 0 spiro atoms. The number of hydrogen-bond donors (Lipinski definition) is 1. The lowest BCUT2D eigenvalue weighted by molar-refractivity contribution is -0.145. The second-order valence-electron chi connectivity index (χ2n) is 5.85. The van der Waals surface area contributed by atoms with Gasteiger partial charge >= 0.3 is 5.97 Å². The van der Waals surface area contributed by atoms with E-state index in [0.717, 1.165) is 6.42 Å². The Hall–Kier alpha value is -2.24. The third kappa shape index (κ3) is 5.15. The number of carboxylic acid groups (broad SMARTS) is 1. The summed E-state index contributed by atoms with van der Waals surface area (Å²) in [4.78, 5) is 24.9. The minimum absolute atomic E-state index is 0.00245. The van der Waals surface area contributed by atoms with Gasteiger partial charge in [0.2, 0.25) is 5.91 Å². The molecule has 1 fully saturated rings. The highest BCUT2D eigenvalue weighted by molar-refractivity contribution is 5.78. The average molecular weight is 335 g/mol. The number of rotatable bonds is 8. The molecule has 132 valence electrons. The lowest BCUT2D eigenvalue weighted by Crippen LogP contribution is -2.42. The van der Waals surface area contributed by atoms with Crippen LogP contribution in [0.1, 0.15) is 32.6 Å². The maximum absolute atomic E-state index is 12.2. The number of carbonyl (C=O) groups excluding carboxylic acids is 1. The van der Waals surface area contributed by atoms with Gasteiger partial charge in [-0.2, -0.15) is 0 Å². The molecule has 6 heteroatoms. The van der Waals surface area contributed by atoms with E-state index in [1.54, 1.807) is 4.90 Å². The Balaban J connectivity index is 1.74. The van der Waals surface area contributed by atoms with Gasteiger partial charge in [-0.05, 0) is 38.3 Å². The Bertz CT molecular complexity index is 560. The summed E-state index contributed by atoms with van der Waals surface area (Å²) in [5.41, 5.74) is 0. The van der Waals surface area contributed by atoms with E-state index in [2.05, 4.69) is 0 Å². The molecule has 0 aliphatic carbocycles. The quantitative estimate of drug-likeness (QED) is 0.739. The van der Waals surface area contributed by atoms with E-state index in [0.29, 0.717) is 57.1 Å². The molecule has 1 atom stereocenters. The Morgan fingerprint density at radius 1 is 1.25 bits per heavy atom. The van der Waals surface area contributed by atoms with Crippen LogP contribution in [0.2, 0.25) is 0 Å². The molecule has 1 aliphatic heterocycles. The van der Waals surface area contributed by atoms with Crippen molar-refractivity contribution < 1.29 is 24.2 Å². The number of carboxylic acids is 1. The minimum atomic E-state index is -0.816. The molecule has 1 aromatic carbocycles. The zero-order valence-electron chi connectivity index (χ0n) is 14.1. The Labute approximate surface area is 142 Å². The van der Waals surface area contributed by atoms with E-state index in [1.807, 2.05) is 31.2 Å². The second-order valence-corrected chi connectivity index (χ2v) is 5.85. The van der Waals surface area contributed by atoms with Gasteiger partial charge in [-0.25, -0.2) is 0 Å². The number of aliphatic carboxylic acids is 1. The van der Waals surface area contributed by atoms with Gasteiger partial charge in [0.25, 0.3) is 0 Å². The monoisotopic (exact) mass is 335 g/mol. The lowest BCUT2D eigenvalue weighted by Gasteiger charge is -2.30. The molecule has 24 heavy (non-hydrogen) atoms. The van der Waals surface area contributed by atoms with Crippen molar-refractivity contribution in [3.05, 3.63) is 24.3 Å². The highest BCUT2D eigenvalue weighted by Crippen LogP contribution is 2.26. The topological polar surface area (TPSA) is 76.1 Å². The predicted molar refractivity (Wildman–Crippen MR) is 89.3 cm³/mol. The molecule has 1 saturated heterocycles. The zero-order chi connectivity index (χ0) is 17.4. The Morgan fingerprint density at radius 3 is 2.62 bits per heavy atom. The summed E-state index contributed by atoms with van der Waals surface area (Å²) in [7, 11) is 0. The molecule has 2 rings (SSSR count). The molecule has 1 heterocycles.